The van der Waals surface area contributed by atoms with Crippen molar-refractivity contribution in [1.82, 2.24) is 9.97 Å². The standard InChI is InChI=1S/C17H18BrN3O3/c1-11-13(17(22)23-2)9-14(18)20-16(11)12-3-4-15(19-10-12)21-5-7-24-8-6-21/h3-4,9-10H,5-8H2,1-2H3. The van der Waals surface area contributed by atoms with Gasteiger partial charge >= 0.3 is 5.97 Å². The summed E-state index contributed by atoms with van der Waals surface area (Å²) >= 11 is 3.36. The number of morpholine rings is 1. The van der Waals surface area contributed by atoms with Crippen LogP contribution in [0, 0.1) is 6.92 Å². The molecule has 1 aliphatic rings. The van der Waals surface area contributed by atoms with Crippen molar-refractivity contribution < 1.29 is 14.3 Å². The zero-order valence-electron chi connectivity index (χ0n) is 13.6. The Hall–Kier alpha value is -1.99. The first-order valence-electron chi connectivity index (χ1n) is 7.64. The molecule has 7 heteroatoms. The molecule has 0 saturated carbocycles. The first kappa shape index (κ1) is 16.9. The van der Waals surface area contributed by atoms with Crippen LogP contribution in [0.1, 0.15) is 15.9 Å². The SMILES string of the molecule is COC(=O)c1cc(Br)nc(-c2ccc(N3CCOCC3)nc2)c1C. The third-order valence-electron chi connectivity index (χ3n) is 4.00. The molecule has 1 aliphatic heterocycles. The second kappa shape index (κ2) is 7.27. The van der Waals surface area contributed by atoms with E-state index >= 15 is 0 Å². The minimum atomic E-state index is -0.380. The lowest BCUT2D eigenvalue weighted by Crippen LogP contribution is -2.36. The predicted molar refractivity (Wildman–Crippen MR) is 94.3 cm³/mol. The number of hydrogen-bond acceptors (Lipinski definition) is 6. The average molecular weight is 392 g/mol. The molecule has 126 valence electrons. The Morgan fingerprint density at radius 2 is 2.08 bits per heavy atom. The van der Waals surface area contributed by atoms with Gasteiger partial charge in [-0.3, -0.25) is 0 Å². The molecule has 2 aromatic rings. The second-order valence-corrected chi connectivity index (χ2v) is 6.27. The van der Waals surface area contributed by atoms with Crippen molar-refractivity contribution in [3.63, 3.8) is 0 Å². The number of hydrogen-bond donors (Lipinski definition) is 0. The summed E-state index contributed by atoms with van der Waals surface area (Å²) in [6.07, 6.45) is 1.79. The number of carbonyl (C=O) groups excluding carboxylic acids is 1. The minimum absolute atomic E-state index is 0.380. The fourth-order valence-electron chi connectivity index (χ4n) is 2.69. The molecule has 1 fully saturated rings. The van der Waals surface area contributed by atoms with Gasteiger partial charge in [0.1, 0.15) is 10.4 Å². The summed E-state index contributed by atoms with van der Waals surface area (Å²) in [5.41, 5.74) is 2.83. The van der Waals surface area contributed by atoms with E-state index in [9.17, 15) is 4.79 Å². The predicted octanol–water partition coefficient (Wildman–Crippen LogP) is 2.84. The van der Waals surface area contributed by atoms with Gasteiger partial charge in [0.25, 0.3) is 0 Å². The number of esters is 1. The molecule has 0 N–H and O–H groups in total. The molecule has 0 bridgehead atoms. The van der Waals surface area contributed by atoms with Crippen molar-refractivity contribution in [1.29, 1.82) is 0 Å². The van der Waals surface area contributed by atoms with E-state index < -0.39 is 0 Å². The van der Waals surface area contributed by atoms with Gasteiger partial charge in [-0.1, -0.05) is 0 Å². The number of nitrogens with zero attached hydrogens (tertiary/aromatic N) is 3. The van der Waals surface area contributed by atoms with Crippen LogP contribution < -0.4 is 4.90 Å². The van der Waals surface area contributed by atoms with Crippen LogP contribution in [-0.2, 0) is 9.47 Å². The Morgan fingerprint density at radius 3 is 2.71 bits per heavy atom. The first-order chi connectivity index (χ1) is 11.6. The summed E-state index contributed by atoms with van der Waals surface area (Å²) in [6.45, 7) is 4.98. The lowest BCUT2D eigenvalue weighted by molar-refractivity contribution is 0.0599. The normalized spacial score (nSPS) is 14.5. The zero-order chi connectivity index (χ0) is 17.1. The Morgan fingerprint density at radius 1 is 1.33 bits per heavy atom. The average Bonchev–Trinajstić information content (AvgIpc) is 2.63. The van der Waals surface area contributed by atoms with Crippen LogP contribution >= 0.6 is 15.9 Å². The molecule has 0 unspecified atom stereocenters. The number of anilines is 1. The highest BCUT2D eigenvalue weighted by Gasteiger charge is 2.17. The summed E-state index contributed by atoms with van der Waals surface area (Å²) in [6, 6.07) is 5.61. The van der Waals surface area contributed by atoms with Crippen LogP contribution in [0.25, 0.3) is 11.3 Å². The van der Waals surface area contributed by atoms with E-state index in [2.05, 4.69) is 30.8 Å². The van der Waals surface area contributed by atoms with E-state index in [4.69, 9.17) is 9.47 Å². The molecule has 3 rings (SSSR count). The third kappa shape index (κ3) is 3.42. The van der Waals surface area contributed by atoms with Crippen molar-refractivity contribution in [2.75, 3.05) is 38.3 Å². The van der Waals surface area contributed by atoms with Crippen molar-refractivity contribution in [2.45, 2.75) is 6.92 Å². The number of rotatable bonds is 3. The summed E-state index contributed by atoms with van der Waals surface area (Å²) in [7, 11) is 1.37. The molecule has 2 aromatic heterocycles. The lowest BCUT2D eigenvalue weighted by Gasteiger charge is -2.27. The highest BCUT2D eigenvalue weighted by Crippen LogP contribution is 2.27. The molecule has 0 atom stereocenters. The maximum absolute atomic E-state index is 11.9. The highest BCUT2D eigenvalue weighted by atomic mass is 79.9. The van der Waals surface area contributed by atoms with Gasteiger partial charge in [-0.05, 0) is 46.6 Å². The van der Waals surface area contributed by atoms with E-state index in [0.29, 0.717) is 15.9 Å². The molecule has 0 spiro atoms. The van der Waals surface area contributed by atoms with Crippen LogP contribution in [0.15, 0.2) is 29.0 Å². The molecule has 3 heterocycles. The fraction of sp³-hybridized carbons (Fsp3) is 0.353. The Bertz CT molecular complexity index is 743. The number of pyridine rings is 2. The number of halogens is 1. The van der Waals surface area contributed by atoms with Crippen LogP contribution in [-0.4, -0.2) is 49.4 Å². The number of methoxy groups -OCH3 is 1. The molecule has 0 aromatic carbocycles. The van der Waals surface area contributed by atoms with Gasteiger partial charge in [0.2, 0.25) is 0 Å². The largest absolute Gasteiger partial charge is 0.465 e. The highest BCUT2D eigenvalue weighted by molar-refractivity contribution is 9.10. The lowest BCUT2D eigenvalue weighted by atomic mass is 10.0. The van der Waals surface area contributed by atoms with Gasteiger partial charge in [-0.2, -0.15) is 0 Å². The molecule has 1 saturated heterocycles. The van der Waals surface area contributed by atoms with Crippen molar-refractivity contribution in [2.24, 2.45) is 0 Å². The monoisotopic (exact) mass is 391 g/mol. The molecule has 0 radical (unpaired) electrons. The third-order valence-corrected chi connectivity index (χ3v) is 4.41. The van der Waals surface area contributed by atoms with Crippen LogP contribution in [0.4, 0.5) is 5.82 Å². The maximum atomic E-state index is 11.9. The molecule has 24 heavy (non-hydrogen) atoms. The van der Waals surface area contributed by atoms with Gasteiger partial charge in [-0.15, -0.1) is 0 Å². The van der Waals surface area contributed by atoms with E-state index in [0.717, 1.165) is 43.2 Å². The molecule has 6 nitrogen and oxygen atoms in total. The van der Waals surface area contributed by atoms with Gasteiger partial charge in [0.05, 0.1) is 31.6 Å². The van der Waals surface area contributed by atoms with Crippen molar-refractivity contribution in [3.8, 4) is 11.3 Å². The van der Waals surface area contributed by atoms with E-state index in [1.807, 2.05) is 19.1 Å². The van der Waals surface area contributed by atoms with Crippen molar-refractivity contribution >= 4 is 27.7 Å². The molecule has 0 aliphatic carbocycles. The topological polar surface area (TPSA) is 64.5 Å². The fourth-order valence-corrected chi connectivity index (χ4v) is 3.09. The molecular formula is C17H18BrN3O3. The maximum Gasteiger partial charge on any atom is 0.338 e. The summed E-state index contributed by atoms with van der Waals surface area (Å²) < 4.78 is 10.8. The van der Waals surface area contributed by atoms with Crippen LogP contribution in [0.5, 0.6) is 0 Å². The Labute approximate surface area is 148 Å². The zero-order valence-corrected chi connectivity index (χ0v) is 15.2. The van der Waals surface area contributed by atoms with Gasteiger partial charge in [0, 0.05) is 24.8 Å². The smallest absolute Gasteiger partial charge is 0.338 e. The molecular weight excluding hydrogens is 374 g/mol. The first-order valence-corrected chi connectivity index (χ1v) is 8.44. The summed E-state index contributed by atoms with van der Waals surface area (Å²) in [4.78, 5) is 23.2. The number of carbonyl (C=O) groups is 1. The van der Waals surface area contributed by atoms with Crippen molar-refractivity contribution in [3.05, 3.63) is 40.1 Å². The van der Waals surface area contributed by atoms with Crippen LogP contribution in [0.2, 0.25) is 0 Å². The number of ether oxygens (including phenoxy) is 2. The second-order valence-electron chi connectivity index (χ2n) is 5.46. The van der Waals surface area contributed by atoms with Gasteiger partial charge in [0.15, 0.2) is 0 Å². The Kier molecular flexibility index (Phi) is 5.11. The van der Waals surface area contributed by atoms with E-state index in [1.165, 1.54) is 7.11 Å². The number of aromatic nitrogens is 2. The van der Waals surface area contributed by atoms with E-state index in [-0.39, 0.29) is 5.97 Å². The Balaban J connectivity index is 1.94. The van der Waals surface area contributed by atoms with E-state index in [1.54, 1.807) is 12.3 Å². The van der Waals surface area contributed by atoms with Gasteiger partial charge in [-0.25, -0.2) is 14.8 Å². The van der Waals surface area contributed by atoms with Crippen LogP contribution in [0.3, 0.4) is 0 Å². The minimum Gasteiger partial charge on any atom is -0.465 e. The summed E-state index contributed by atoms with van der Waals surface area (Å²) in [5, 5.41) is 0. The quantitative estimate of drug-likeness (QED) is 0.591. The molecule has 0 amide bonds. The van der Waals surface area contributed by atoms with Gasteiger partial charge < -0.3 is 14.4 Å². The summed E-state index contributed by atoms with van der Waals surface area (Å²) in [5.74, 6) is 0.539.